The van der Waals surface area contributed by atoms with Crippen LogP contribution in [-0.4, -0.2) is 54.4 Å². The lowest BCUT2D eigenvalue weighted by Gasteiger charge is -2.35. The highest BCUT2D eigenvalue weighted by Gasteiger charge is 2.27. The molecule has 1 heterocycles. The van der Waals surface area contributed by atoms with Crippen LogP contribution in [0.15, 0.2) is 81.0 Å². The van der Waals surface area contributed by atoms with Gasteiger partial charge in [-0.3, -0.25) is 4.55 Å². The lowest BCUT2D eigenvalue weighted by Crippen LogP contribution is -2.33. The first kappa shape index (κ1) is 36.3. The van der Waals surface area contributed by atoms with E-state index in [1.165, 1.54) is 12.1 Å². The van der Waals surface area contributed by atoms with Gasteiger partial charge in [0.15, 0.2) is 11.3 Å². The highest BCUT2D eigenvalue weighted by molar-refractivity contribution is 7.85. The summed E-state index contributed by atoms with van der Waals surface area (Å²) in [6.45, 7) is 14.9. The molecule has 0 aromatic heterocycles. The fraction of sp³-hybridized carbons (Fsp3) is 0.361. The second-order valence-corrected chi connectivity index (χ2v) is 14.9. The maximum atomic E-state index is 12.1. The van der Waals surface area contributed by atoms with Gasteiger partial charge in [0.2, 0.25) is 0 Å². The van der Waals surface area contributed by atoms with Gasteiger partial charge in [-0.15, -0.1) is 0 Å². The molecular weight excluding hydrogens is 661 g/mol. The van der Waals surface area contributed by atoms with E-state index in [0.717, 1.165) is 24.3 Å². The Kier molecular flexibility index (Phi) is 11.7. The van der Waals surface area contributed by atoms with Gasteiger partial charge in [-0.2, -0.15) is 13.7 Å². The molecule has 0 fully saturated rings. The minimum atomic E-state index is -4.47. The normalized spacial score (nSPS) is 13.3. The van der Waals surface area contributed by atoms with Crippen molar-refractivity contribution in [1.29, 1.82) is 5.26 Å². The topological polar surface area (TPSA) is 141 Å². The van der Waals surface area contributed by atoms with Gasteiger partial charge in [-0.25, -0.2) is 14.6 Å². The molecule has 1 atom stereocenters. The molecule has 0 saturated heterocycles. The molecule has 3 aromatic carbocycles. The van der Waals surface area contributed by atoms with E-state index in [0.29, 0.717) is 57.6 Å². The molecular formula is C36H42N5O6PS. The molecule has 0 spiro atoms. The smallest absolute Gasteiger partial charge is 0.294 e. The zero-order chi connectivity index (χ0) is 35.3. The van der Waals surface area contributed by atoms with Crippen molar-refractivity contribution in [2.45, 2.75) is 71.5 Å². The summed E-state index contributed by atoms with van der Waals surface area (Å²) in [6, 6.07) is 22.1. The highest BCUT2D eigenvalue weighted by Crippen LogP contribution is 2.46. The molecule has 11 nitrogen and oxygen atoms in total. The first-order chi connectivity index (χ1) is 23.4. The van der Waals surface area contributed by atoms with E-state index in [-0.39, 0.29) is 23.4 Å². The minimum Gasteiger partial charge on any atom is -0.453 e. The standard InChI is InChI=1S/C36H42N5O6PS/c1-7-40(8-2)28-14-17-32-34(20-28)47-35-22-33(31-21-29(49(42,43)44)15-16-30(31)36(35)39-32)38-27-12-10-26(11-13-27)23-46-48(45-19-9-18-37)41(24(3)4)25(5)6/h10-17,20-22,24-25H,7-9,19,23H2,1-6H3,(H,42,43,44). The Morgan fingerprint density at radius 2 is 1.67 bits per heavy atom. The van der Waals surface area contributed by atoms with Gasteiger partial charge < -0.3 is 18.4 Å². The van der Waals surface area contributed by atoms with E-state index in [1.807, 2.05) is 42.5 Å². The number of fused-ring (bicyclic) bond motifs is 4. The van der Waals surface area contributed by atoms with E-state index in [4.69, 9.17) is 28.7 Å². The van der Waals surface area contributed by atoms with Crippen molar-refractivity contribution in [1.82, 2.24) is 9.65 Å². The summed E-state index contributed by atoms with van der Waals surface area (Å²) in [4.78, 5) is 11.8. The summed E-state index contributed by atoms with van der Waals surface area (Å²) in [5.41, 5.74) is 4.39. The number of nitriles is 1. The quantitative estimate of drug-likeness (QED) is 0.0395. The number of anilines is 1. The maximum Gasteiger partial charge on any atom is 0.294 e. The lowest BCUT2D eigenvalue weighted by atomic mass is 10.0. The molecule has 3 aromatic rings. The molecule has 1 unspecified atom stereocenters. The Hall–Kier alpha value is -3.95. The third-order valence-electron chi connectivity index (χ3n) is 8.04. The van der Waals surface area contributed by atoms with E-state index < -0.39 is 18.6 Å². The number of hydrogen-bond acceptors (Lipinski definition) is 10. The van der Waals surface area contributed by atoms with Gasteiger partial charge in [0.25, 0.3) is 18.6 Å². The van der Waals surface area contributed by atoms with Crippen molar-refractivity contribution in [2.75, 3.05) is 24.6 Å². The van der Waals surface area contributed by atoms with Crippen molar-refractivity contribution >= 4 is 51.9 Å². The second kappa shape index (κ2) is 15.7. The van der Waals surface area contributed by atoms with Crippen LogP contribution in [0.25, 0.3) is 33.3 Å². The Balaban J connectivity index is 1.54. The molecule has 258 valence electrons. The van der Waals surface area contributed by atoms with Crippen molar-refractivity contribution in [3.63, 3.8) is 0 Å². The minimum absolute atomic E-state index is 0.192. The SMILES string of the molecule is CCN(CC)c1ccc2nc3c4ccc(S(=O)(=O)O)cc4c(=Nc4ccc(COP(OCCC#N)N(C(C)C)C(C)C)cc4)cc-3oc2c1. The summed E-state index contributed by atoms with van der Waals surface area (Å²) < 4.78 is 54.9. The van der Waals surface area contributed by atoms with Gasteiger partial charge in [-0.05, 0) is 83.5 Å². The third kappa shape index (κ3) is 8.44. The van der Waals surface area contributed by atoms with Gasteiger partial charge >= 0.3 is 0 Å². The summed E-state index contributed by atoms with van der Waals surface area (Å²) >= 11 is 0. The third-order valence-corrected chi connectivity index (χ3v) is 10.9. The van der Waals surface area contributed by atoms with Crippen LogP contribution in [0.2, 0.25) is 0 Å². The number of benzene rings is 4. The summed E-state index contributed by atoms with van der Waals surface area (Å²) in [5, 5.41) is 10.6. The fourth-order valence-corrected chi connectivity index (χ4v) is 7.85. The molecule has 0 radical (unpaired) electrons. The van der Waals surface area contributed by atoms with Crippen LogP contribution in [0.1, 0.15) is 53.5 Å². The van der Waals surface area contributed by atoms with Crippen LogP contribution in [0, 0.1) is 11.3 Å². The highest BCUT2D eigenvalue weighted by atomic mass is 32.2. The second-order valence-electron chi connectivity index (χ2n) is 12.1. The van der Waals surface area contributed by atoms with Crippen LogP contribution in [-0.2, 0) is 25.8 Å². The van der Waals surface area contributed by atoms with E-state index >= 15 is 0 Å². The molecule has 1 aliphatic carbocycles. The average Bonchev–Trinajstić information content (AvgIpc) is 3.06. The Bertz CT molecular complexity index is 2100. The molecule has 0 saturated carbocycles. The Morgan fingerprint density at radius 3 is 2.31 bits per heavy atom. The molecule has 0 bridgehead atoms. The van der Waals surface area contributed by atoms with Gasteiger partial charge in [-0.1, -0.05) is 18.2 Å². The first-order valence-corrected chi connectivity index (χ1v) is 18.9. The van der Waals surface area contributed by atoms with Crippen molar-refractivity contribution in [3.8, 4) is 17.5 Å². The molecule has 2 aliphatic rings. The molecule has 5 rings (SSSR count). The van der Waals surface area contributed by atoms with Crippen LogP contribution in [0.4, 0.5) is 11.4 Å². The predicted molar refractivity (Wildman–Crippen MR) is 193 cm³/mol. The van der Waals surface area contributed by atoms with Crippen molar-refractivity contribution < 1.29 is 26.4 Å². The monoisotopic (exact) mass is 703 g/mol. The zero-order valence-electron chi connectivity index (χ0n) is 28.6. The van der Waals surface area contributed by atoms with E-state index in [9.17, 15) is 13.0 Å². The summed E-state index contributed by atoms with van der Waals surface area (Å²) in [7, 11) is -5.85. The molecule has 1 aliphatic heterocycles. The Labute approximate surface area is 288 Å². The lowest BCUT2D eigenvalue weighted by molar-refractivity contribution is 0.171. The van der Waals surface area contributed by atoms with Crippen molar-refractivity contribution in [3.05, 3.63) is 77.7 Å². The summed E-state index contributed by atoms with van der Waals surface area (Å²) in [6.07, 6.45) is 0.286. The van der Waals surface area contributed by atoms with E-state index in [2.05, 4.69) is 57.2 Å². The van der Waals surface area contributed by atoms with E-state index in [1.54, 1.807) is 12.1 Å². The number of hydrogen-bond donors (Lipinski definition) is 1. The molecule has 49 heavy (non-hydrogen) atoms. The van der Waals surface area contributed by atoms with Crippen LogP contribution in [0.3, 0.4) is 0 Å². The van der Waals surface area contributed by atoms with Gasteiger partial charge in [0.05, 0.1) is 41.6 Å². The largest absolute Gasteiger partial charge is 0.453 e. The predicted octanol–water partition coefficient (Wildman–Crippen LogP) is 8.20. The number of nitrogens with zero attached hydrogens (tertiary/aromatic N) is 5. The number of aromatic nitrogens is 1. The van der Waals surface area contributed by atoms with Crippen LogP contribution in [0.5, 0.6) is 0 Å². The maximum absolute atomic E-state index is 12.1. The van der Waals surface area contributed by atoms with Crippen LogP contribution >= 0.6 is 8.53 Å². The van der Waals surface area contributed by atoms with Crippen molar-refractivity contribution in [2.24, 2.45) is 4.99 Å². The molecule has 13 heteroatoms. The van der Waals surface area contributed by atoms with Gasteiger partial charge in [0, 0.05) is 53.8 Å². The first-order valence-electron chi connectivity index (χ1n) is 16.3. The Morgan fingerprint density at radius 1 is 0.959 bits per heavy atom. The average molecular weight is 704 g/mol. The zero-order valence-corrected chi connectivity index (χ0v) is 30.3. The fourth-order valence-electron chi connectivity index (χ4n) is 5.74. The number of rotatable bonds is 14. The molecule has 1 N–H and O–H groups in total. The molecule has 0 amide bonds. The van der Waals surface area contributed by atoms with Gasteiger partial charge in [0.1, 0.15) is 11.2 Å². The van der Waals surface area contributed by atoms with Crippen LogP contribution < -0.4 is 10.3 Å². The summed E-state index contributed by atoms with van der Waals surface area (Å²) in [5.74, 6) is 0.490.